The Labute approximate surface area is 124 Å². The van der Waals surface area contributed by atoms with E-state index in [2.05, 4.69) is 4.98 Å². The minimum Gasteiger partial charge on any atom is -0.456 e. The molecule has 2 heterocycles. The number of fused-ring (bicyclic) bond motifs is 1. The topological polar surface area (TPSA) is 60.7 Å². The normalized spacial score (nSPS) is 10.7. The van der Waals surface area contributed by atoms with E-state index in [4.69, 9.17) is 4.74 Å². The van der Waals surface area contributed by atoms with Gasteiger partial charge in [-0.05, 0) is 19.1 Å². The van der Waals surface area contributed by atoms with Crippen LogP contribution in [0.3, 0.4) is 0 Å². The first-order valence-electron chi connectivity index (χ1n) is 6.33. The van der Waals surface area contributed by atoms with Crippen molar-refractivity contribution in [2.45, 2.75) is 13.5 Å². The standard InChI is InChI=1S/C15H12N2O3S/c1-10-2-4-11(5-3-10)14(19)20-9-12-8-13(18)17-6-7-21-15(17)16-12/h2-8H,9H2,1H3. The van der Waals surface area contributed by atoms with Crippen molar-refractivity contribution in [1.29, 1.82) is 0 Å². The minimum absolute atomic E-state index is 0.0175. The summed E-state index contributed by atoms with van der Waals surface area (Å²) in [5.74, 6) is -0.428. The molecule has 0 bridgehead atoms. The van der Waals surface area contributed by atoms with E-state index in [1.165, 1.54) is 21.8 Å². The zero-order chi connectivity index (χ0) is 14.8. The smallest absolute Gasteiger partial charge is 0.338 e. The van der Waals surface area contributed by atoms with Gasteiger partial charge in [0.05, 0.1) is 11.3 Å². The summed E-state index contributed by atoms with van der Waals surface area (Å²) in [5.41, 5.74) is 1.82. The van der Waals surface area contributed by atoms with E-state index in [0.717, 1.165) is 5.56 Å². The molecule has 3 aromatic rings. The number of esters is 1. The quantitative estimate of drug-likeness (QED) is 0.697. The molecule has 0 unspecified atom stereocenters. The van der Waals surface area contributed by atoms with Crippen molar-refractivity contribution in [3.8, 4) is 0 Å². The third kappa shape index (κ3) is 2.85. The number of carbonyl (C=O) groups excluding carboxylic acids is 1. The molecule has 5 nitrogen and oxygen atoms in total. The van der Waals surface area contributed by atoms with Gasteiger partial charge in [-0.1, -0.05) is 17.7 Å². The Morgan fingerprint density at radius 1 is 1.33 bits per heavy atom. The number of ether oxygens (including phenoxy) is 1. The third-order valence-corrected chi connectivity index (χ3v) is 3.75. The molecule has 3 rings (SSSR count). The number of benzene rings is 1. The van der Waals surface area contributed by atoms with Crippen LogP contribution in [0.25, 0.3) is 4.96 Å². The predicted molar refractivity (Wildman–Crippen MR) is 79.6 cm³/mol. The van der Waals surface area contributed by atoms with Gasteiger partial charge in [0.1, 0.15) is 6.61 Å². The molecule has 2 aromatic heterocycles. The van der Waals surface area contributed by atoms with Crippen LogP contribution in [0.5, 0.6) is 0 Å². The van der Waals surface area contributed by atoms with Crippen LogP contribution in [0.4, 0.5) is 0 Å². The second kappa shape index (κ2) is 5.49. The lowest BCUT2D eigenvalue weighted by molar-refractivity contribution is 0.0468. The average Bonchev–Trinajstić information content (AvgIpc) is 2.94. The molecular weight excluding hydrogens is 288 g/mol. The van der Waals surface area contributed by atoms with Crippen molar-refractivity contribution in [2.24, 2.45) is 0 Å². The maximum atomic E-state index is 11.9. The molecule has 0 atom stereocenters. The SMILES string of the molecule is Cc1ccc(C(=O)OCc2cc(=O)n3ccsc3n2)cc1. The number of hydrogen-bond donors (Lipinski definition) is 0. The fourth-order valence-corrected chi connectivity index (χ4v) is 2.61. The van der Waals surface area contributed by atoms with Crippen molar-refractivity contribution in [3.63, 3.8) is 0 Å². The highest BCUT2D eigenvalue weighted by Crippen LogP contribution is 2.09. The van der Waals surface area contributed by atoms with Crippen molar-refractivity contribution in [2.75, 3.05) is 0 Å². The van der Waals surface area contributed by atoms with E-state index in [1.54, 1.807) is 23.7 Å². The van der Waals surface area contributed by atoms with Gasteiger partial charge in [-0.25, -0.2) is 9.78 Å². The van der Waals surface area contributed by atoms with Crippen molar-refractivity contribution >= 4 is 22.3 Å². The molecular formula is C15H12N2O3S. The van der Waals surface area contributed by atoms with Crippen molar-refractivity contribution in [1.82, 2.24) is 9.38 Å². The minimum atomic E-state index is -0.428. The van der Waals surface area contributed by atoms with Gasteiger partial charge in [0.2, 0.25) is 0 Å². The van der Waals surface area contributed by atoms with Crippen LogP contribution < -0.4 is 5.56 Å². The highest BCUT2D eigenvalue weighted by molar-refractivity contribution is 7.15. The summed E-state index contributed by atoms with van der Waals surface area (Å²) < 4.78 is 6.64. The van der Waals surface area contributed by atoms with Crippen molar-refractivity contribution < 1.29 is 9.53 Å². The molecule has 0 aliphatic rings. The number of nitrogens with zero attached hydrogens (tertiary/aromatic N) is 2. The first-order chi connectivity index (χ1) is 10.1. The lowest BCUT2D eigenvalue weighted by Gasteiger charge is -2.05. The van der Waals surface area contributed by atoms with Gasteiger partial charge in [-0.15, -0.1) is 11.3 Å². The monoisotopic (exact) mass is 300 g/mol. The Kier molecular flexibility index (Phi) is 3.53. The Morgan fingerprint density at radius 3 is 2.86 bits per heavy atom. The molecule has 1 aromatic carbocycles. The number of rotatable bonds is 3. The highest BCUT2D eigenvalue weighted by Gasteiger charge is 2.09. The number of thiazole rings is 1. The van der Waals surface area contributed by atoms with Gasteiger partial charge in [-0.2, -0.15) is 0 Å². The number of aromatic nitrogens is 2. The number of aryl methyl sites for hydroxylation is 1. The van der Waals surface area contributed by atoms with Gasteiger partial charge in [0, 0.05) is 17.6 Å². The fourth-order valence-electron chi connectivity index (χ4n) is 1.87. The molecule has 6 heteroatoms. The molecule has 106 valence electrons. The summed E-state index contributed by atoms with van der Waals surface area (Å²) in [6.45, 7) is 1.93. The number of hydrogen-bond acceptors (Lipinski definition) is 5. The van der Waals surface area contributed by atoms with E-state index in [-0.39, 0.29) is 12.2 Å². The van der Waals surface area contributed by atoms with Gasteiger partial charge < -0.3 is 4.74 Å². The van der Waals surface area contributed by atoms with Crippen LogP contribution in [0.2, 0.25) is 0 Å². The van der Waals surface area contributed by atoms with Crippen LogP contribution in [-0.2, 0) is 11.3 Å². The summed E-state index contributed by atoms with van der Waals surface area (Å²) >= 11 is 1.36. The van der Waals surface area contributed by atoms with E-state index in [0.29, 0.717) is 16.2 Å². The Bertz CT molecular complexity index is 849. The van der Waals surface area contributed by atoms with E-state index < -0.39 is 5.97 Å². The molecule has 0 N–H and O–H groups in total. The maximum Gasteiger partial charge on any atom is 0.338 e. The first kappa shape index (κ1) is 13.5. The molecule has 0 aliphatic carbocycles. The average molecular weight is 300 g/mol. The molecule has 0 amide bonds. The second-order valence-electron chi connectivity index (χ2n) is 4.58. The summed E-state index contributed by atoms with van der Waals surface area (Å²) in [4.78, 5) is 28.6. The van der Waals surface area contributed by atoms with Crippen LogP contribution in [0, 0.1) is 6.92 Å². The Hall–Kier alpha value is -2.47. The maximum absolute atomic E-state index is 11.9. The summed E-state index contributed by atoms with van der Waals surface area (Å²) in [5, 5.41) is 1.78. The first-order valence-corrected chi connectivity index (χ1v) is 7.21. The van der Waals surface area contributed by atoms with E-state index in [9.17, 15) is 9.59 Å². The Morgan fingerprint density at radius 2 is 2.10 bits per heavy atom. The fraction of sp³-hybridized carbons (Fsp3) is 0.133. The molecule has 21 heavy (non-hydrogen) atoms. The molecule has 0 spiro atoms. The highest BCUT2D eigenvalue weighted by atomic mass is 32.1. The van der Waals surface area contributed by atoms with Gasteiger partial charge >= 0.3 is 5.97 Å². The summed E-state index contributed by atoms with van der Waals surface area (Å²) in [7, 11) is 0. The van der Waals surface area contributed by atoms with Gasteiger partial charge in [0.15, 0.2) is 4.96 Å². The lowest BCUT2D eigenvalue weighted by Crippen LogP contribution is -2.14. The van der Waals surface area contributed by atoms with Crippen molar-refractivity contribution in [3.05, 3.63) is 69.1 Å². The number of carbonyl (C=O) groups is 1. The van der Waals surface area contributed by atoms with Gasteiger partial charge in [0.25, 0.3) is 5.56 Å². The zero-order valence-corrected chi connectivity index (χ0v) is 12.1. The van der Waals surface area contributed by atoms with Crippen LogP contribution in [-0.4, -0.2) is 15.4 Å². The summed E-state index contributed by atoms with van der Waals surface area (Å²) in [6, 6.07) is 8.49. The summed E-state index contributed by atoms with van der Waals surface area (Å²) in [6.07, 6.45) is 1.66. The molecule has 0 fully saturated rings. The van der Waals surface area contributed by atoms with E-state index in [1.807, 2.05) is 19.1 Å². The third-order valence-electron chi connectivity index (χ3n) is 2.99. The van der Waals surface area contributed by atoms with Crippen LogP contribution in [0.15, 0.2) is 46.7 Å². The van der Waals surface area contributed by atoms with E-state index >= 15 is 0 Å². The van der Waals surface area contributed by atoms with Crippen LogP contribution >= 0.6 is 11.3 Å². The predicted octanol–water partition coefficient (Wildman–Crippen LogP) is 2.42. The largest absolute Gasteiger partial charge is 0.456 e. The zero-order valence-electron chi connectivity index (χ0n) is 11.3. The van der Waals surface area contributed by atoms with Gasteiger partial charge in [-0.3, -0.25) is 9.20 Å². The molecule has 0 saturated heterocycles. The Balaban J connectivity index is 1.75. The lowest BCUT2D eigenvalue weighted by atomic mass is 10.1. The molecule has 0 aliphatic heterocycles. The van der Waals surface area contributed by atoms with Crippen LogP contribution in [0.1, 0.15) is 21.6 Å². The molecule has 0 radical (unpaired) electrons. The molecule has 0 saturated carbocycles. The second-order valence-corrected chi connectivity index (χ2v) is 5.46.